The number of hydrogen-bond acceptors (Lipinski definition) is 3. The number of aryl methyl sites for hydroxylation is 1. The molecule has 0 fully saturated rings. The van der Waals surface area contributed by atoms with Gasteiger partial charge in [-0.2, -0.15) is 0 Å². The fourth-order valence-corrected chi connectivity index (χ4v) is 9.17. The van der Waals surface area contributed by atoms with Crippen LogP contribution in [0.3, 0.4) is 0 Å². The van der Waals surface area contributed by atoms with Gasteiger partial charge in [0, 0.05) is 51.2 Å². The molecule has 0 bridgehead atoms. The molecule has 0 N–H and O–H groups in total. The van der Waals surface area contributed by atoms with Crippen LogP contribution in [0.15, 0.2) is 224 Å². The summed E-state index contributed by atoms with van der Waals surface area (Å²) in [4.78, 5) is 7.34. The molecular formula is C55H40BN3. The minimum Gasteiger partial charge on any atom is -0.311 e. The van der Waals surface area contributed by atoms with Crippen LogP contribution in [0.25, 0.3) is 22.3 Å². The molecule has 0 unspecified atom stereocenters. The lowest BCUT2D eigenvalue weighted by Gasteiger charge is -2.44. The Morgan fingerprint density at radius 2 is 0.814 bits per heavy atom. The number of hydrogen-bond donors (Lipinski definition) is 0. The monoisotopic (exact) mass is 753 g/mol. The topological polar surface area (TPSA) is 9.72 Å². The van der Waals surface area contributed by atoms with Gasteiger partial charge in [0.1, 0.15) is 0 Å². The van der Waals surface area contributed by atoms with Crippen molar-refractivity contribution in [2.75, 3.05) is 14.7 Å². The Morgan fingerprint density at radius 3 is 1.47 bits per heavy atom. The van der Waals surface area contributed by atoms with Crippen molar-refractivity contribution in [1.82, 2.24) is 0 Å². The van der Waals surface area contributed by atoms with Gasteiger partial charge in [0.15, 0.2) is 0 Å². The Bertz CT molecular complexity index is 2910. The molecule has 3 nitrogen and oxygen atoms in total. The van der Waals surface area contributed by atoms with Crippen molar-refractivity contribution in [2.24, 2.45) is 0 Å². The maximum absolute atomic E-state index is 2.50. The summed E-state index contributed by atoms with van der Waals surface area (Å²) in [7, 11) is 0. The molecule has 4 heteroatoms. The molecule has 0 spiro atoms. The van der Waals surface area contributed by atoms with Crippen molar-refractivity contribution in [3.8, 4) is 22.3 Å². The molecule has 2 heterocycles. The smallest absolute Gasteiger partial charge is 0.252 e. The number of rotatable bonds is 7. The molecule has 0 aromatic heterocycles. The van der Waals surface area contributed by atoms with Crippen LogP contribution >= 0.6 is 0 Å². The maximum Gasteiger partial charge on any atom is 0.252 e. The first-order valence-electron chi connectivity index (χ1n) is 20.4. The van der Waals surface area contributed by atoms with Gasteiger partial charge >= 0.3 is 0 Å². The first-order chi connectivity index (χ1) is 29.2. The fraction of sp³-hybridized carbons (Fsp3) is 0.0182. The van der Waals surface area contributed by atoms with Gasteiger partial charge in [-0.25, -0.2) is 0 Å². The predicted molar refractivity (Wildman–Crippen MR) is 251 cm³/mol. The summed E-state index contributed by atoms with van der Waals surface area (Å²) in [6.45, 7) is 2.15. The molecule has 11 rings (SSSR count). The lowest BCUT2D eigenvalue weighted by Crippen LogP contribution is -2.61. The van der Waals surface area contributed by atoms with Crippen LogP contribution in [0, 0.1) is 6.92 Å². The van der Waals surface area contributed by atoms with E-state index in [1.54, 1.807) is 0 Å². The maximum atomic E-state index is 2.50. The van der Waals surface area contributed by atoms with Gasteiger partial charge in [-0.05, 0) is 124 Å². The highest BCUT2D eigenvalue weighted by molar-refractivity contribution is 7.00. The predicted octanol–water partition coefficient (Wildman–Crippen LogP) is 12.9. The fourth-order valence-electron chi connectivity index (χ4n) is 9.17. The van der Waals surface area contributed by atoms with E-state index in [4.69, 9.17) is 0 Å². The summed E-state index contributed by atoms with van der Waals surface area (Å²) < 4.78 is 0. The zero-order valence-corrected chi connectivity index (χ0v) is 32.8. The number of para-hydroxylation sites is 3. The lowest BCUT2D eigenvalue weighted by atomic mass is 9.33. The van der Waals surface area contributed by atoms with Crippen LogP contribution in [0.5, 0.6) is 0 Å². The molecule has 2 aliphatic rings. The lowest BCUT2D eigenvalue weighted by molar-refractivity contribution is 1.24. The van der Waals surface area contributed by atoms with Crippen molar-refractivity contribution in [2.45, 2.75) is 6.92 Å². The molecule has 278 valence electrons. The molecule has 0 amide bonds. The molecule has 9 aromatic rings. The molecular weight excluding hydrogens is 713 g/mol. The Balaban J connectivity index is 1.16. The minimum absolute atomic E-state index is 0.00321. The third kappa shape index (κ3) is 6.00. The third-order valence-electron chi connectivity index (χ3n) is 11.9. The molecule has 0 radical (unpaired) electrons. The van der Waals surface area contributed by atoms with Crippen LogP contribution in [-0.2, 0) is 0 Å². The highest BCUT2D eigenvalue weighted by Gasteiger charge is 2.43. The summed E-state index contributed by atoms with van der Waals surface area (Å²) in [5.74, 6) is 0. The number of fused-ring (bicyclic) bond motifs is 4. The van der Waals surface area contributed by atoms with E-state index in [0.717, 1.165) is 28.4 Å². The van der Waals surface area contributed by atoms with Crippen molar-refractivity contribution < 1.29 is 0 Å². The summed E-state index contributed by atoms with van der Waals surface area (Å²) in [5.41, 5.74) is 20.3. The van der Waals surface area contributed by atoms with Gasteiger partial charge in [-0.1, -0.05) is 151 Å². The standard InChI is InChI=1S/C55H40BN3/c1-39-28-30-41(31-29-39)42-18-14-25-47(36-42)59-52-27-15-26-51-55(52)56(49-34-32-43(37-53(49)59)40-16-6-2-7-17-40)50-35-33-48(38-54(50)58(51)46-23-12-5-13-24-46)57(44-19-8-3-9-20-44)45-21-10-4-11-22-45/h2-38H,1H3. The molecule has 2 aliphatic heterocycles. The zero-order valence-electron chi connectivity index (χ0n) is 32.8. The molecule has 0 atom stereocenters. The van der Waals surface area contributed by atoms with Gasteiger partial charge in [-0.3, -0.25) is 0 Å². The first kappa shape index (κ1) is 34.7. The van der Waals surface area contributed by atoms with Gasteiger partial charge in [0.05, 0.1) is 0 Å². The highest BCUT2D eigenvalue weighted by atomic mass is 15.2. The number of anilines is 9. The quantitative estimate of drug-likeness (QED) is 0.150. The largest absolute Gasteiger partial charge is 0.311 e. The SMILES string of the molecule is Cc1ccc(-c2cccc(N3c4cc(-c5ccccc5)ccc4B4c5ccc(N(c6ccccc6)c6ccccc6)cc5N(c5ccccc5)c5cccc3c54)c2)cc1. The summed E-state index contributed by atoms with van der Waals surface area (Å²) in [6, 6.07) is 81.9. The molecule has 0 aliphatic carbocycles. The number of benzene rings is 9. The van der Waals surface area contributed by atoms with Gasteiger partial charge in [-0.15, -0.1) is 0 Å². The summed E-state index contributed by atoms with van der Waals surface area (Å²) >= 11 is 0. The van der Waals surface area contributed by atoms with E-state index in [9.17, 15) is 0 Å². The Labute approximate surface area is 346 Å². The Hall–Kier alpha value is -7.56. The van der Waals surface area contributed by atoms with Crippen molar-refractivity contribution in [1.29, 1.82) is 0 Å². The van der Waals surface area contributed by atoms with Crippen molar-refractivity contribution in [3.63, 3.8) is 0 Å². The van der Waals surface area contributed by atoms with Crippen LogP contribution < -0.4 is 31.1 Å². The van der Waals surface area contributed by atoms with Crippen LogP contribution in [0.4, 0.5) is 51.2 Å². The second-order valence-electron chi connectivity index (χ2n) is 15.5. The van der Waals surface area contributed by atoms with Gasteiger partial charge < -0.3 is 14.7 Å². The van der Waals surface area contributed by atoms with Gasteiger partial charge in [0.25, 0.3) is 6.71 Å². The molecule has 0 saturated heterocycles. The normalized spacial score (nSPS) is 12.4. The van der Waals surface area contributed by atoms with Crippen LogP contribution in [0.2, 0.25) is 0 Å². The average Bonchev–Trinajstić information content (AvgIpc) is 3.30. The molecule has 9 aromatic carbocycles. The third-order valence-corrected chi connectivity index (χ3v) is 11.9. The minimum atomic E-state index is 0.00321. The van der Waals surface area contributed by atoms with E-state index in [-0.39, 0.29) is 6.71 Å². The van der Waals surface area contributed by atoms with Crippen LogP contribution in [0.1, 0.15) is 5.56 Å². The summed E-state index contributed by atoms with van der Waals surface area (Å²) in [5, 5.41) is 0. The second-order valence-corrected chi connectivity index (χ2v) is 15.5. The first-order valence-corrected chi connectivity index (χ1v) is 20.4. The van der Waals surface area contributed by atoms with E-state index in [0.29, 0.717) is 0 Å². The van der Waals surface area contributed by atoms with Crippen molar-refractivity contribution >= 4 is 74.3 Å². The van der Waals surface area contributed by atoms with E-state index in [2.05, 4.69) is 246 Å². The zero-order chi connectivity index (χ0) is 39.3. The molecule has 0 saturated carbocycles. The molecule has 59 heavy (non-hydrogen) atoms. The van der Waals surface area contributed by atoms with E-state index < -0.39 is 0 Å². The average molecular weight is 754 g/mol. The second kappa shape index (κ2) is 14.4. The summed E-state index contributed by atoms with van der Waals surface area (Å²) in [6.07, 6.45) is 0. The Morgan fingerprint density at radius 1 is 0.339 bits per heavy atom. The van der Waals surface area contributed by atoms with Gasteiger partial charge in [0.2, 0.25) is 0 Å². The highest BCUT2D eigenvalue weighted by Crippen LogP contribution is 2.46. The van der Waals surface area contributed by atoms with Crippen LogP contribution in [-0.4, -0.2) is 6.71 Å². The van der Waals surface area contributed by atoms with E-state index in [1.807, 2.05) is 0 Å². The van der Waals surface area contributed by atoms with E-state index in [1.165, 1.54) is 67.0 Å². The van der Waals surface area contributed by atoms with E-state index >= 15 is 0 Å². The number of nitrogens with zero attached hydrogens (tertiary/aromatic N) is 3. The van der Waals surface area contributed by atoms with Crippen molar-refractivity contribution in [3.05, 3.63) is 230 Å². The Kier molecular flexibility index (Phi) is 8.48.